The van der Waals surface area contributed by atoms with E-state index < -0.39 is 0 Å². The lowest BCUT2D eigenvalue weighted by atomic mass is 10.2. The lowest BCUT2D eigenvalue weighted by molar-refractivity contribution is -0.120. The van der Waals surface area contributed by atoms with Crippen LogP contribution in [0, 0.1) is 12.7 Å². The highest BCUT2D eigenvalue weighted by Gasteiger charge is 2.19. The number of halogens is 1. The normalized spacial score (nSPS) is 12.2. The van der Waals surface area contributed by atoms with Gasteiger partial charge < -0.3 is 14.6 Å². The van der Waals surface area contributed by atoms with Gasteiger partial charge >= 0.3 is 0 Å². The minimum Gasteiger partial charge on any atom is -0.492 e. The molecule has 23 heavy (non-hydrogen) atoms. The van der Waals surface area contributed by atoms with Gasteiger partial charge in [0.15, 0.2) is 5.82 Å². The van der Waals surface area contributed by atoms with Crippen LogP contribution in [0.4, 0.5) is 10.2 Å². The number of carbonyl (C=O) groups is 1. The van der Waals surface area contributed by atoms with E-state index in [2.05, 4.69) is 10.5 Å². The monoisotopic (exact) mass is 321 g/mol. The van der Waals surface area contributed by atoms with Crippen molar-refractivity contribution in [3.63, 3.8) is 0 Å². The molecular weight excluding hydrogens is 301 g/mol. The molecule has 0 bridgehead atoms. The van der Waals surface area contributed by atoms with Crippen molar-refractivity contribution in [2.75, 3.05) is 25.5 Å². The van der Waals surface area contributed by atoms with Gasteiger partial charge in [0.05, 0.1) is 6.04 Å². The minimum absolute atomic E-state index is 0.178. The Morgan fingerprint density at radius 3 is 2.74 bits per heavy atom. The average molecular weight is 321 g/mol. The molecule has 0 unspecified atom stereocenters. The number of hydrogen-bond donors (Lipinski definition) is 1. The number of amides is 1. The first-order valence-corrected chi connectivity index (χ1v) is 7.28. The van der Waals surface area contributed by atoms with Crippen molar-refractivity contribution >= 4 is 11.7 Å². The Bertz CT molecular complexity index is 642. The zero-order valence-corrected chi connectivity index (χ0v) is 13.4. The topological polar surface area (TPSA) is 67.6 Å². The summed E-state index contributed by atoms with van der Waals surface area (Å²) in [6.07, 6.45) is 0. The number of ether oxygens (including phenoxy) is 1. The number of nitrogens with one attached hydrogen (secondary N) is 1. The number of rotatable bonds is 7. The number of aromatic nitrogens is 1. The maximum atomic E-state index is 12.8. The van der Waals surface area contributed by atoms with Gasteiger partial charge in [-0.05, 0) is 45.2 Å². The van der Waals surface area contributed by atoms with E-state index in [1.807, 2.05) is 11.9 Å². The average Bonchev–Trinajstić information content (AvgIpc) is 2.93. The molecule has 0 spiro atoms. The summed E-state index contributed by atoms with van der Waals surface area (Å²) in [7, 11) is 1.83. The van der Waals surface area contributed by atoms with Gasteiger partial charge in [-0.1, -0.05) is 5.16 Å². The molecule has 0 saturated carbocycles. The van der Waals surface area contributed by atoms with Crippen molar-refractivity contribution in [2.24, 2.45) is 0 Å². The maximum Gasteiger partial charge on any atom is 0.242 e. The first-order valence-electron chi connectivity index (χ1n) is 7.28. The van der Waals surface area contributed by atoms with Gasteiger partial charge in [-0.2, -0.15) is 0 Å². The highest BCUT2D eigenvalue weighted by molar-refractivity contribution is 5.93. The predicted molar refractivity (Wildman–Crippen MR) is 83.9 cm³/mol. The van der Waals surface area contributed by atoms with Crippen molar-refractivity contribution in [1.29, 1.82) is 0 Å². The van der Waals surface area contributed by atoms with E-state index in [0.717, 1.165) is 0 Å². The van der Waals surface area contributed by atoms with Gasteiger partial charge in [-0.3, -0.25) is 9.69 Å². The molecular formula is C16H20FN3O3. The molecule has 1 amide bonds. The Morgan fingerprint density at radius 1 is 1.43 bits per heavy atom. The summed E-state index contributed by atoms with van der Waals surface area (Å²) in [5.41, 5.74) is 0. The van der Waals surface area contributed by atoms with E-state index in [9.17, 15) is 9.18 Å². The van der Waals surface area contributed by atoms with E-state index in [1.54, 1.807) is 32.0 Å². The standard InChI is InChI=1S/C16H20FN3O3/c1-11-10-15(19-23-11)18-16(21)12(2)20(3)8-9-22-14-6-4-13(17)5-7-14/h4-7,10,12H,8-9H2,1-3H3,(H,18,19,21)/t12-/m1/s1. The molecule has 2 rings (SSSR count). The van der Waals surface area contributed by atoms with Crippen LogP contribution in [0.2, 0.25) is 0 Å². The molecule has 1 aromatic heterocycles. The second-order valence-corrected chi connectivity index (χ2v) is 5.27. The van der Waals surface area contributed by atoms with Crippen LogP contribution in [-0.4, -0.2) is 42.2 Å². The van der Waals surface area contributed by atoms with Gasteiger partial charge in [0.1, 0.15) is 23.9 Å². The van der Waals surface area contributed by atoms with Gasteiger partial charge in [0, 0.05) is 12.6 Å². The Morgan fingerprint density at radius 2 is 2.13 bits per heavy atom. The van der Waals surface area contributed by atoms with E-state index in [0.29, 0.717) is 30.5 Å². The Balaban J connectivity index is 1.76. The summed E-state index contributed by atoms with van der Waals surface area (Å²) in [5.74, 6) is 1.14. The summed E-state index contributed by atoms with van der Waals surface area (Å²) in [6, 6.07) is 7.12. The summed E-state index contributed by atoms with van der Waals surface area (Å²) >= 11 is 0. The SMILES string of the molecule is Cc1cc(NC(=O)[C@@H](C)N(C)CCOc2ccc(F)cc2)no1. The quantitative estimate of drug-likeness (QED) is 0.848. The molecule has 1 atom stereocenters. The molecule has 7 heteroatoms. The van der Waals surface area contributed by atoms with Gasteiger partial charge in [-0.25, -0.2) is 4.39 Å². The van der Waals surface area contributed by atoms with E-state index in [1.165, 1.54) is 12.1 Å². The molecule has 1 aromatic carbocycles. The first kappa shape index (κ1) is 17.0. The summed E-state index contributed by atoms with van der Waals surface area (Å²) in [4.78, 5) is 14.0. The number of aryl methyl sites for hydroxylation is 1. The lowest BCUT2D eigenvalue weighted by Crippen LogP contribution is -2.41. The van der Waals surface area contributed by atoms with Crippen LogP contribution in [0.25, 0.3) is 0 Å². The van der Waals surface area contributed by atoms with E-state index >= 15 is 0 Å². The van der Waals surface area contributed by atoms with Crippen molar-refractivity contribution < 1.29 is 18.4 Å². The van der Waals surface area contributed by atoms with E-state index in [4.69, 9.17) is 9.26 Å². The molecule has 0 fully saturated rings. The number of hydrogen-bond acceptors (Lipinski definition) is 5. The van der Waals surface area contributed by atoms with Crippen LogP contribution in [0.15, 0.2) is 34.9 Å². The Hall–Kier alpha value is -2.41. The third-order valence-corrected chi connectivity index (χ3v) is 3.45. The lowest BCUT2D eigenvalue weighted by Gasteiger charge is -2.23. The zero-order valence-electron chi connectivity index (χ0n) is 13.4. The zero-order chi connectivity index (χ0) is 16.8. The van der Waals surface area contributed by atoms with Crippen molar-refractivity contribution in [1.82, 2.24) is 10.1 Å². The van der Waals surface area contributed by atoms with Gasteiger partial charge in [-0.15, -0.1) is 0 Å². The molecule has 1 N–H and O–H groups in total. The second kappa shape index (κ2) is 7.73. The molecule has 6 nitrogen and oxygen atoms in total. The largest absolute Gasteiger partial charge is 0.492 e. The van der Waals surface area contributed by atoms with Crippen LogP contribution in [0.3, 0.4) is 0 Å². The first-order chi connectivity index (χ1) is 11.0. The van der Waals surface area contributed by atoms with Gasteiger partial charge in [0.25, 0.3) is 0 Å². The Labute approximate surface area is 134 Å². The summed E-state index contributed by atoms with van der Waals surface area (Å²) in [6.45, 7) is 4.48. The molecule has 0 aliphatic heterocycles. The highest BCUT2D eigenvalue weighted by Crippen LogP contribution is 2.11. The van der Waals surface area contributed by atoms with Crippen molar-refractivity contribution in [2.45, 2.75) is 19.9 Å². The number of nitrogens with zero attached hydrogens (tertiary/aromatic N) is 2. The molecule has 0 radical (unpaired) electrons. The maximum absolute atomic E-state index is 12.8. The Kier molecular flexibility index (Phi) is 5.70. The predicted octanol–water partition coefficient (Wildman–Crippen LogP) is 2.46. The molecule has 0 aliphatic rings. The van der Waals surface area contributed by atoms with Crippen molar-refractivity contribution in [3.05, 3.63) is 41.9 Å². The molecule has 0 aliphatic carbocycles. The molecule has 124 valence electrons. The number of carbonyl (C=O) groups excluding carboxylic acids is 1. The second-order valence-electron chi connectivity index (χ2n) is 5.27. The third kappa shape index (κ3) is 5.07. The van der Waals surface area contributed by atoms with Crippen molar-refractivity contribution in [3.8, 4) is 5.75 Å². The molecule has 2 aromatic rings. The summed E-state index contributed by atoms with van der Waals surface area (Å²) < 4.78 is 23.2. The number of benzene rings is 1. The van der Waals surface area contributed by atoms with Crippen LogP contribution < -0.4 is 10.1 Å². The highest BCUT2D eigenvalue weighted by atomic mass is 19.1. The van der Waals surface area contributed by atoms with E-state index in [-0.39, 0.29) is 17.8 Å². The molecule has 1 heterocycles. The number of anilines is 1. The van der Waals surface area contributed by atoms with Gasteiger partial charge in [0.2, 0.25) is 5.91 Å². The fourth-order valence-corrected chi connectivity index (χ4v) is 1.89. The molecule has 0 saturated heterocycles. The smallest absolute Gasteiger partial charge is 0.242 e. The fourth-order valence-electron chi connectivity index (χ4n) is 1.89. The van der Waals surface area contributed by atoms with Crippen LogP contribution in [-0.2, 0) is 4.79 Å². The van der Waals surface area contributed by atoms with Crippen LogP contribution >= 0.6 is 0 Å². The fraction of sp³-hybridized carbons (Fsp3) is 0.375. The number of likely N-dealkylation sites (N-methyl/N-ethyl adjacent to an activating group) is 1. The third-order valence-electron chi connectivity index (χ3n) is 3.45. The van der Waals surface area contributed by atoms with Crippen LogP contribution in [0.1, 0.15) is 12.7 Å². The summed E-state index contributed by atoms with van der Waals surface area (Å²) in [5, 5.41) is 6.42. The minimum atomic E-state index is -0.358. The van der Waals surface area contributed by atoms with Crippen LogP contribution in [0.5, 0.6) is 5.75 Å².